The van der Waals surface area contributed by atoms with E-state index in [1.807, 2.05) is 0 Å². The smallest absolute Gasteiger partial charge is 0.343 e. The van der Waals surface area contributed by atoms with Crippen molar-refractivity contribution in [2.75, 3.05) is 26.4 Å². The summed E-state index contributed by atoms with van der Waals surface area (Å²) in [5.74, 6) is -2.37. The second-order valence-corrected chi connectivity index (χ2v) is 14.1. The zero-order chi connectivity index (χ0) is 43.6. The van der Waals surface area contributed by atoms with Gasteiger partial charge in [-0.1, -0.05) is 37.4 Å². The van der Waals surface area contributed by atoms with Crippen molar-refractivity contribution in [3.63, 3.8) is 0 Å². The third-order valence-corrected chi connectivity index (χ3v) is 9.55. The van der Waals surface area contributed by atoms with Gasteiger partial charge >= 0.3 is 35.8 Å². The fourth-order valence-electron chi connectivity index (χ4n) is 6.20. The number of fused-ring (bicyclic) bond motifs is 2. The molecule has 0 fully saturated rings. The van der Waals surface area contributed by atoms with Crippen LogP contribution in [0, 0.1) is 6.92 Å². The normalized spacial score (nSPS) is 10.7. The van der Waals surface area contributed by atoms with E-state index in [-0.39, 0.29) is 19.0 Å². The van der Waals surface area contributed by atoms with Crippen molar-refractivity contribution >= 4 is 57.4 Å². The third-order valence-electron chi connectivity index (χ3n) is 9.55. The summed E-state index contributed by atoms with van der Waals surface area (Å²) in [4.78, 5) is 73.6. The lowest BCUT2D eigenvalue weighted by Crippen LogP contribution is -2.11. The first-order chi connectivity index (χ1) is 29.5. The number of carbonyl (C=O) groups is 6. The van der Waals surface area contributed by atoms with Crippen LogP contribution in [0.15, 0.2) is 116 Å². The molecular weight excluding hydrogens is 781 g/mol. The molecule has 5 rings (SSSR count). The van der Waals surface area contributed by atoms with Crippen molar-refractivity contribution in [1.82, 2.24) is 0 Å². The predicted octanol–water partition coefficient (Wildman–Crippen LogP) is 9.63. The van der Waals surface area contributed by atoms with Gasteiger partial charge in [0.15, 0.2) is 0 Å². The Morgan fingerprint density at radius 2 is 0.787 bits per heavy atom. The molecule has 0 radical (unpaired) electrons. The molecule has 5 aromatic carbocycles. The molecule has 0 atom stereocenters. The molecular formula is C49H48O12. The first-order valence-corrected chi connectivity index (χ1v) is 20.1. The average Bonchev–Trinajstić information content (AvgIpc) is 3.27. The summed E-state index contributed by atoms with van der Waals surface area (Å²) >= 11 is 0. The summed E-state index contributed by atoms with van der Waals surface area (Å²) in [6, 6.07) is 25.0. The van der Waals surface area contributed by atoms with Crippen LogP contribution >= 0.6 is 0 Å². The molecule has 0 bridgehead atoms. The topological polar surface area (TPSA) is 158 Å². The third kappa shape index (κ3) is 13.7. The highest BCUT2D eigenvalue weighted by Gasteiger charge is 2.16. The molecule has 12 nitrogen and oxygen atoms in total. The predicted molar refractivity (Wildman–Crippen MR) is 229 cm³/mol. The summed E-state index contributed by atoms with van der Waals surface area (Å²) in [5, 5.41) is 2.97. The Balaban J connectivity index is 1.07. The van der Waals surface area contributed by atoms with E-state index in [4.69, 9.17) is 28.4 Å². The van der Waals surface area contributed by atoms with Gasteiger partial charge < -0.3 is 28.4 Å². The zero-order valence-electron chi connectivity index (χ0n) is 34.1. The van der Waals surface area contributed by atoms with Crippen LogP contribution in [0.1, 0.15) is 98.4 Å². The minimum atomic E-state index is -0.585. The molecule has 5 aromatic rings. The number of carbonyl (C=O) groups excluding carboxylic acids is 6. The molecule has 0 aliphatic carbocycles. The molecule has 0 amide bonds. The maximum atomic E-state index is 13.1. The van der Waals surface area contributed by atoms with Crippen molar-refractivity contribution in [1.29, 1.82) is 0 Å². The SMILES string of the molecule is C=CC(=O)OCCCCCCOC(=O)c1ccc2cc(C(=O)Oc3ccc(OC(=O)c4ccc5cc(C(=O)OCCCCCCOC(=O)C=C)ccc5c4)c(C)c3)ccc2c1. The van der Waals surface area contributed by atoms with E-state index in [1.165, 1.54) is 6.07 Å². The number of benzene rings is 5. The van der Waals surface area contributed by atoms with Crippen molar-refractivity contribution in [2.45, 2.75) is 58.3 Å². The fourth-order valence-corrected chi connectivity index (χ4v) is 6.20. The number of hydrogen-bond acceptors (Lipinski definition) is 12. The molecule has 12 heteroatoms. The molecule has 61 heavy (non-hydrogen) atoms. The van der Waals surface area contributed by atoms with Crippen molar-refractivity contribution < 1.29 is 57.2 Å². The van der Waals surface area contributed by atoms with E-state index in [0.29, 0.717) is 59.6 Å². The lowest BCUT2D eigenvalue weighted by Gasteiger charge is -2.11. The van der Waals surface area contributed by atoms with E-state index in [0.717, 1.165) is 72.2 Å². The van der Waals surface area contributed by atoms with Gasteiger partial charge in [0.2, 0.25) is 0 Å². The van der Waals surface area contributed by atoms with Crippen LogP contribution in [0.4, 0.5) is 0 Å². The van der Waals surface area contributed by atoms with Crippen LogP contribution < -0.4 is 9.47 Å². The summed E-state index contributed by atoms with van der Waals surface area (Å²) in [7, 11) is 0. The Hall–Kier alpha value is -7.08. The molecule has 0 unspecified atom stereocenters. The number of rotatable bonds is 22. The minimum Gasteiger partial charge on any atom is -0.463 e. The average molecular weight is 829 g/mol. The van der Waals surface area contributed by atoms with Crippen molar-refractivity contribution in [3.8, 4) is 11.5 Å². The summed E-state index contributed by atoms with van der Waals surface area (Å²) in [6.45, 7) is 9.66. The van der Waals surface area contributed by atoms with Gasteiger partial charge in [-0.3, -0.25) is 0 Å². The Kier molecular flexibility index (Phi) is 16.9. The first kappa shape index (κ1) is 45.0. The van der Waals surface area contributed by atoms with Gasteiger partial charge in [0.25, 0.3) is 0 Å². The van der Waals surface area contributed by atoms with Gasteiger partial charge in [-0.25, -0.2) is 28.8 Å². The van der Waals surface area contributed by atoms with E-state index in [2.05, 4.69) is 13.2 Å². The van der Waals surface area contributed by atoms with E-state index >= 15 is 0 Å². The highest BCUT2D eigenvalue weighted by molar-refractivity contribution is 6.01. The van der Waals surface area contributed by atoms with Crippen molar-refractivity contribution in [2.24, 2.45) is 0 Å². The first-order valence-electron chi connectivity index (χ1n) is 20.1. The largest absolute Gasteiger partial charge is 0.463 e. The van der Waals surface area contributed by atoms with Crippen LogP contribution in [0.3, 0.4) is 0 Å². The van der Waals surface area contributed by atoms with Gasteiger partial charge in [-0.05, 0) is 152 Å². The van der Waals surface area contributed by atoms with Crippen LogP contribution in [0.25, 0.3) is 21.5 Å². The summed E-state index contributed by atoms with van der Waals surface area (Å²) in [6.07, 6.45) is 8.42. The summed E-state index contributed by atoms with van der Waals surface area (Å²) < 4.78 is 32.1. The molecule has 0 heterocycles. The fraction of sp³-hybridized carbons (Fsp3) is 0.265. The number of aryl methyl sites for hydroxylation is 1. The molecule has 0 spiro atoms. The van der Waals surface area contributed by atoms with Gasteiger partial charge in [-0.2, -0.15) is 0 Å². The highest BCUT2D eigenvalue weighted by atomic mass is 16.6. The molecule has 0 saturated heterocycles. The second-order valence-electron chi connectivity index (χ2n) is 14.1. The Labute approximate surface area is 354 Å². The Morgan fingerprint density at radius 1 is 0.426 bits per heavy atom. The van der Waals surface area contributed by atoms with E-state index < -0.39 is 35.8 Å². The molecule has 0 aliphatic heterocycles. The zero-order valence-corrected chi connectivity index (χ0v) is 34.1. The van der Waals surface area contributed by atoms with Gasteiger partial charge in [0, 0.05) is 12.2 Å². The highest BCUT2D eigenvalue weighted by Crippen LogP contribution is 2.27. The number of esters is 6. The van der Waals surface area contributed by atoms with Crippen LogP contribution in [0.2, 0.25) is 0 Å². The minimum absolute atomic E-state index is 0.264. The number of ether oxygens (including phenoxy) is 6. The summed E-state index contributed by atoms with van der Waals surface area (Å²) in [5.41, 5.74) is 1.98. The maximum Gasteiger partial charge on any atom is 0.343 e. The lowest BCUT2D eigenvalue weighted by atomic mass is 10.0. The van der Waals surface area contributed by atoms with Gasteiger partial charge in [-0.15, -0.1) is 0 Å². The lowest BCUT2D eigenvalue weighted by molar-refractivity contribution is -0.138. The van der Waals surface area contributed by atoms with E-state index in [9.17, 15) is 28.8 Å². The monoisotopic (exact) mass is 828 g/mol. The standard InChI is InChI=1S/C49H48O12/c1-4-44(50)56-24-10-6-8-12-26-58-46(52)38-18-14-36-31-40(20-16-34(36)29-38)48(54)60-42-22-23-43(33(3)28-42)61-49(55)41-21-17-35-30-39(19-15-37(35)32-41)47(53)59-27-13-9-7-11-25-57-45(51)5-2/h4-5,14-23,28-32H,1-2,6-13,24-27H2,3H3. The van der Waals surface area contributed by atoms with Crippen LogP contribution in [0.5, 0.6) is 11.5 Å². The molecule has 0 aliphatic rings. The molecule has 0 aromatic heterocycles. The number of unbranched alkanes of at least 4 members (excludes halogenated alkanes) is 6. The van der Waals surface area contributed by atoms with Crippen LogP contribution in [-0.2, 0) is 28.5 Å². The van der Waals surface area contributed by atoms with Crippen LogP contribution in [-0.4, -0.2) is 62.2 Å². The molecule has 0 N–H and O–H groups in total. The quantitative estimate of drug-likeness (QED) is 0.0214. The molecule has 0 saturated carbocycles. The van der Waals surface area contributed by atoms with Gasteiger partial charge in [0.1, 0.15) is 11.5 Å². The maximum absolute atomic E-state index is 13.1. The van der Waals surface area contributed by atoms with Crippen molar-refractivity contribution in [3.05, 3.63) is 144 Å². The second kappa shape index (κ2) is 22.9. The molecule has 316 valence electrons. The Bertz CT molecular complexity index is 2410. The number of hydrogen-bond donors (Lipinski definition) is 0. The Morgan fingerprint density at radius 3 is 1.16 bits per heavy atom. The van der Waals surface area contributed by atoms with E-state index in [1.54, 1.807) is 91.9 Å². The van der Waals surface area contributed by atoms with Gasteiger partial charge in [0.05, 0.1) is 48.7 Å².